The lowest BCUT2D eigenvalue weighted by Crippen LogP contribution is -2.59. The number of halogens is 4. The summed E-state index contributed by atoms with van der Waals surface area (Å²) < 4.78 is 57.7. The van der Waals surface area contributed by atoms with E-state index >= 15 is 0 Å². The fourth-order valence-corrected chi connectivity index (χ4v) is 1.85. The van der Waals surface area contributed by atoms with Crippen molar-refractivity contribution in [1.29, 1.82) is 0 Å². The molecule has 1 aliphatic heterocycles. The molecule has 0 radical (unpaired) electrons. The zero-order chi connectivity index (χ0) is 13.3. The van der Waals surface area contributed by atoms with E-state index in [1.165, 1.54) is 0 Å². The number of benzene rings is 1. The SMILES string of the molecule is O=C1COC[C@](c2cccc(F)c2F)(C(F)F)N1. The summed E-state index contributed by atoms with van der Waals surface area (Å²) in [5.41, 5.74) is -2.97. The lowest BCUT2D eigenvalue weighted by Gasteiger charge is -2.37. The molecule has 1 N–H and O–H groups in total. The quantitative estimate of drug-likeness (QED) is 0.822. The zero-order valence-corrected chi connectivity index (χ0v) is 9.05. The van der Waals surface area contributed by atoms with Crippen LogP contribution in [-0.2, 0) is 15.1 Å². The summed E-state index contributed by atoms with van der Waals surface area (Å²) in [6.07, 6.45) is -3.13. The molecule has 1 aromatic carbocycles. The van der Waals surface area contributed by atoms with E-state index in [9.17, 15) is 22.4 Å². The van der Waals surface area contributed by atoms with E-state index in [0.29, 0.717) is 0 Å². The Labute approximate surface area is 99.7 Å². The van der Waals surface area contributed by atoms with Gasteiger partial charge in [-0.05, 0) is 6.07 Å². The summed E-state index contributed by atoms with van der Waals surface area (Å²) in [5, 5.41) is 1.99. The van der Waals surface area contributed by atoms with E-state index in [1.54, 1.807) is 0 Å². The van der Waals surface area contributed by atoms with Crippen LogP contribution in [0.25, 0.3) is 0 Å². The first-order valence-corrected chi connectivity index (χ1v) is 5.09. The summed E-state index contributed by atoms with van der Waals surface area (Å²) >= 11 is 0. The van der Waals surface area contributed by atoms with Gasteiger partial charge < -0.3 is 10.1 Å². The number of ether oxygens (including phenoxy) is 1. The van der Waals surface area contributed by atoms with E-state index in [4.69, 9.17) is 4.74 Å². The van der Waals surface area contributed by atoms with Gasteiger partial charge in [0, 0.05) is 5.56 Å². The largest absolute Gasteiger partial charge is 0.369 e. The third kappa shape index (κ3) is 1.94. The molecule has 0 aromatic heterocycles. The molecule has 0 aliphatic carbocycles. The molecule has 2 rings (SSSR count). The highest BCUT2D eigenvalue weighted by Gasteiger charge is 2.48. The number of rotatable bonds is 2. The van der Waals surface area contributed by atoms with Gasteiger partial charge in [0.2, 0.25) is 5.91 Å². The summed E-state index contributed by atoms with van der Waals surface area (Å²) in [7, 11) is 0. The predicted molar refractivity (Wildman–Crippen MR) is 53.0 cm³/mol. The van der Waals surface area contributed by atoms with Gasteiger partial charge in [0.15, 0.2) is 17.2 Å². The van der Waals surface area contributed by atoms with E-state index in [0.717, 1.165) is 18.2 Å². The zero-order valence-electron chi connectivity index (χ0n) is 9.05. The fraction of sp³-hybridized carbons (Fsp3) is 0.364. The number of morpholine rings is 1. The van der Waals surface area contributed by atoms with Crippen LogP contribution in [-0.4, -0.2) is 25.5 Å². The lowest BCUT2D eigenvalue weighted by atomic mass is 9.89. The van der Waals surface area contributed by atoms with Gasteiger partial charge >= 0.3 is 0 Å². The van der Waals surface area contributed by atoms with Crippen molar-refractivity contribution < 1.29 is 27.1 Å². The second kappa shape index (κ2) is 4.56. The third-order valence-electron chi connectivity index (χ3n) is 2.73. The normalized spacial score (nSPS) is 24.2. The van der Waals surface area contributed by atoms with Gasteiger partial charge in [-0.15, -0.1) is 0 Å². The van der Waals surface area contributed by atoms with Crippen molar-refractivity contribution in [3.05, 3.63) is 35.4 Å². The number of hydrogen-bond donors (Lipinski definition) is 1. The molecular weight excluding hydrogens is 254 g/mol. The van der Waals surface area contributed by atoms with Gasteiger partial charge in [-0.2, -0.15) is 0 Å². The number of hydrogen-bond acceptors (Lipinski definition) is 2. The van der Waals surface area contributed by atoms with Crippen molar-refractivity contribution in [3.63, 3.8) is 0 Å². The predicted octanol–water partition coefficient (Wildman–Crippen LogP) is 1.57. The molecule has 0 spiro atoms. The van der Waals surface area contributed by atoms with Crippen LogP contribution in [0.15, 0.2) is 18.2 Å². The van der Waals surface area contributed by atoms with Crippen LogP contribution >= 0.6 is 0 Å². The molecular formula is C11H9F4NO2. The second-order valence-corrected chi connectivity index (χ2v) is 3.91. The Morgan fingerprint density at radius 3 is 2.67 bits per heavy atom. The first-order valence-electron chi connectivity index (χ1n) is 5.09. The fourth-order valence-electron chi connectivity index (χ4n) is 1.85. The molecule has 1 aliphatic rings. The number of carbonyl (C=O) groups excluding carboxylic acids is 1. The Morgan fingerprint density at radius 2 is 2.06 bits per heavy atom. The minimum atomic E-state index is -3.13. The number of alkyl halides is 2. The first-order chi connectivity index (χ1) is 8.47. The van der Waals surface area contributed by atoms with Crippen LogP contribution in [0.1, 0.15) is 5.56 Å². The maximum atomic E-state index is 13.6. The van der Waals surface area contributed by atoms with Crippen LogP contribution in [0.5, 0.6) is 0 Å². The van der Waals surface area contributed by atoms with Gasteiger partial charge in [-0.1, -0.05) is 12.1 Å². The molecule has 1 heterocycles. The summed E-state index contributed by atoms with van der Waals surface area (Å²) in [6, 6.07) is 2.90. The van der Waals surface area contributed by atoms with Gasteiger partial charge in [0.05, 0.1) is 6.61 Å². The average Bonchev–Trinajstić information content (AvgIpc) is 2.32. The molecule has 3 nitrogen and oxygen atoms in total. The van der Waals surface area contributed by atoms with Crippen molar-refractivity contribution in [3.8, 4) is 0 Å². The standard InChI is InChI=1S/C11H9F4NO2/c12-7-3-1-2-6(9(7)13)11(10(14)15)5-18-4-8(17)16-11/h1-3,10H,4-5H2,(H,16,17)/t11-/m0/s1. The molecule has 0 bridgehead atoms. The number of amides is 1. The number of carbonyl (C=O) groups is 1. The van der Waals surface area contributed by atoms with Gasteiger partial charge in [-0.3, -0.25) is 4.79 Å². The maximum absolute atomic E-state index is 13.6. The van der Waals surface area contributed by atoms with Gasteiger partial charge in [-0.25, -0.2) is 17.6 Å². The molecule has 1 saturated heterocycles. The molecule has 1 aromatic rings. The first kappa shape index (κ1) is 12.8. The second-order valence-electron chi connectivity index (χ2n) is 3.91. The van der Waals surface area contributed by atoms with Crippen molar-refractivity contribution >= 4 is 5.91 Å². The Bertz CT molecular complexity index is 480. The highest BCUT2D eigenvalue weighted by molar-refractivity contribution is 5.79. The van der Waals surface area contributed by atoms with Crippen LogP contribution in [0, 0.1) is 11.6 Å². The molecule has 1 amide bonds. The summed E-state index contributed by atoms with van der Waals surface area (Å²) in [6.45, 7) is -0.998. The molecule has 1 atom stereocenters. The minimum Gasteiger partial charge on any atom is -0.369 e. The van der Waals surface area contributed by atoms with Crippen molar-refractivity contribution in [2.24, 2.45) is 0 Å². The lowest BCUT2D eigenvalue weighted by molar-refractivity contribution is -0.144. The van der Waals surface area contributed by atoms with Crippen molar-refractivity contribution in [2.75, 3.05) is 13.2 Å². The molecule has 98 valence electrons. The highest BCUT2D eigenvalue weighted by atomic mass is 19.3. The highest BCUT2D eigenvalue weighted by Crippen LogP contribution is 2.33. The molecule has 7 heteroatoms. The molecule has 0 unspecified atom stereocenters. The Morgan fingerprint density at radius 1 is 1.33 bits per heavy atom. The Balaban J connectivity index is 2.53. The monoisotopic (exact) mass is 263 g/mol. The van der Waals surface area contributed by atoms with E-state index in [-0.39, 0.29) is 6.61 Å². The Kier molecular flexibility index (Phi) is 3.25. The third-order valence-corrected chi connectivity index (χ3v) is 2.73. The summed E-state index contributed by atoms with van der Waals surface area (Å²) in [5.74, 6) is -3.47. The number of nitrogens with one attached hydrogen (secondary N) is 1. The van der Waals surface area contributed by atoms with E-state index in [2.05, 4.69) is 0 Å². The molecule has 1 fully saturated rings. The van der Waals surface area contributed by atoms with Gasteiger partial charge in [0.25, 0.3) is 6.43 Å². The smallest absolute Gasteiger partial charge is 0.267 e. The van der Waals surface area contributed by atoms with Crippen LogP contribution in [0.3, 0.4) is 0 Å². The Hall–Kier alpha value is -1.63. The topological polar surface area (TPSA) is 38.3 Å². The van der Waals surface area contributed by atoms with Gasteiger partial charge in [0.1, 0.15) is 6.61 Å². The maximum Gasteiger partial charge on any atom is 0.267 e. The average molecular weight is 263 g/mol. The molecule has 0 saturated carbocycles. The van der Waals surface area contributed by atoms with E-state index in [1.807, 2.05) is 5.32 Å². The summed E-state index contributed by atoms with van der Waals surface area (Å²) in [4.78, 5) is 11.2. The van der Waals surface area contributed by atoms with Crippen molar-refractivity contribution in [1.82, 2.24) is 5.32 Å². The van der Waals surface area contributed by atoms with Crippen LogP contribution in [0.4, 0.5) is 17.6 Å². The van der Waals surface area contributed by atoms with Crippen LogP contribution < -0.4 is 5.32 Å². The van der Waals surface area contributed by atoms with Crippen molar-refractivity contribution in [2.45, 2.75) is 12.0 Å². The molecule has 18 heavy (non-hydrogen) atoms. The van der Waals surface area contributed by atoms with Crippen LogP contribution in [0.2, 0.25) is 0 Å². The van der Waals surface area contributed by atoms with E-state index < -0.39 is 41.7 Å². The minimum absolute atomic E-state index is 0.384.